The van der Waals surface area contributed by atoms with Crippen LogP contribution in [0.3, 0.4) is 0 Å². The lowest BCUT2D eigenvalue weighted by molar-refractivity contribution is -0.132. The molecule has 1 aromatic heterocycles. The summed E-state index contributed by atoms with van der Waals surface area (Å²) in [7, 11) is 0. The minimum absolute atomic E-state index is 0.110. The smallest absolute Gasteiger partial charge is 0.337 e. The van der Waals surface area contributed by atoms with Crippen LogP contribution in [-0.2, 0) is 30.7 Å². The summed E-state index contributed by atoms with van der Waals surface area (Å²) in [5, 5.41) is 0.230. The normalized spacial score (nSPS) is 14.1. The van der Waals surface area contributed by atoms with Crippen LogP contribution in [0.5, 0.6) is 0 Å². The lowest BCUT2D eigenvalue weighted by Crippen LogP contribution is -2.37. The van der Waals surface area contributed by atoms with E-state index in [0.29, 0.717) is 25.0 Å². The number of ketones is 1. The van der Waals surface area contributed by atoms with E-state index >= 15 is 0 Å². The molecule has 0 N–H and O–H groups in total. The number of nitrogens with zero attached hydrogens (tertiary/aromatic N) is 2. The average molecular weight is 414 g/mol. The van der Waals surface area contributed by atoms with Crippen LogP contribution in [-0.4, -0.2) is 33.9 Å². The van der Waals surface area contributed by atoms with Gasteiger partial charge in [-0.25, -0.2) is 0 Å². The van der Waals surface area contributed by atoms with Gasteiger partial charge in [0, 0.05) is 24.7 Å². The predicted molar refractivity (Wildman–Crippen MR) is 107 cm³/mol. The number of carbonyl (C=O) groups is 2. The maximum atomic E-state index is 13.1. The highest BCUT2D eigenvalue weighted by molar-refractivity contribution is 6.11. The number of halogens is 3. The zero-order valence-corrected chi connectivity index (χ0v) is 16.5. The van der Waals surface area contributed by atoms with Gasteiger partial charge in [0.05, 0.1) is 11.1 Å². The van der Waals surface area contributed by atoms with Gasteiger partial charge in [0.25, 0.3) is 5.78 Å². The first-order valence-corrected chi connectivity index (χ1v) is 9.86. The molecule has 0 saturated carbocycles. The van der Waals surface area contributed by atoms with Gasteiger partial charge in [-0.1, -0.05) is 49.4 Å². The van der Waals surface area contributed by atoms with Crippen LogP contribution in [0.2, 0.25) is 0 Å². The number of aryl methyl sites for hydroxylation is 1. The van der Waals surface area contributed by atoms with Crippen LogP contribution in [0.1, 0.15) is 34.0 Å². The van der Waals surface area contributed by atoms with Gasteiger partial charge in [0.1, 0.15) is 6.54 Å². The van der Waals surface area contributed by atoms with Crippen LogP contribution in [0.4, 0.5) is 13.2 Å². The van der Waals surface area contributed by atoms with Gasteiger partial charge in [-0.2, -0.15) is 13.2 Å². The van der Waals surface area contributed by atoms with Gasteiger partial charge in [-0.3, -0.25) is 9.59 Å². The molecule has 0 radical (unpaired) electrons. The molecule has 2 heterocycles. The molecule has 1 aliphatic heterocycles. The standard InChI is InChI=1S/C23H21F3N2O2/c1-2-15-8-5-9-18-19(22(30)23(24,25)26)13-28(21(15)18)14-20(29)27-11-10-16-6-3-4-7-17(16)12-27/h3-9,13H,2,10-12,14H2,1H3. The second-order valence-corrected chi connectivity index (χ2v) is 7.50. The van der Waals surface area contributed by atoms with Gasteiger partial charge >= 0.3 is 6.18 Å². The molecular weight excluding hydrogens is 393 g/mol. The molecule has 30 heavy (non-hydrogen) atoms. The van der Waals surface area contributed by atoms with E-state index in [1.807, 2.05) is 37.3 Å². The predicted octanol–water partition coefficient (Wildman–Crippen LogP) is 4.53. The number of carbonyl (C=O) groups excluding carboxylic acids is 2. The number of para-hydroxylation sites is 1. The summed E-state index contributed by atoms with van der Waals surface area (Å²) in [6.07, 6.45) is -2.48. The van der Waals surface area contributed by atoms with E-state index in [0.717, 1.165) is 17.5 Å². The molecule has 0 fully saturated rings. The molecule has 0 atom stereocenters. The third kappa shape index (κ3) is 3.60. The summed E-state index contributed by atoms with van der Waals surface area (Å²) in [5.74, 6) is -2.07. The van der Waals surface area contributed by atoms with Crippen molar-refractivity contribution in [2.24, 2.45) is 0 Å². The van der Waals surface area contributed by atoms with Crippen molar-refractivity contribution < 1.29 is 22.8 Å². The van der Waals surface area contributed by atoms with Crippen LogP contribution >= 0.6 is 0 Å². The average Bonchev–Trinajstić information content (AvgIpc) is 3.10. The van der Waals surface area contributed by atoms with Crippen molar-refractivity contribution >= 4 is 22.6 Å². The summed E-state index contributed by atoms with van der Waals surface area (Å²) in [6, 6.07) is 12.9. The Morgan fingerprint density at radius 3 is 2.47 bits per heavy atom. The van der Waals surface area contributed by atoms with Gasteiger partial charge < -0.3 is 9.47 Å². The SMILES string of the molecule is CCc1cccc2c(C(=O)C(F)(F)F)cn(CC(=O)N3CCc4ccccc4C3)c12. The molecule has 0 aliphatic carbocycles. The van der Waals surface area contributed by atoms with E-state index in [4.69, 9.17) is 0 Å². The number of rotatable bonds is 4. The van der Waals surface area contributed by atoms with Crippen molar-refractivity contribution in [1.29, 1.82) is 0 Å². The minimum Gasteiger partial charge on any atom is -0.337 e. The summed E-state index contributed by atoms with van der Waals surface area (Å²) in [4.78, 5) is 26.7. The second kappa shape index (κ2) is 7.63. The summed E-state index contributed by atoms with van der Waals surface area (Å²) in [5.41, 5.74) is 3.18. The lowest BCUT2D eigenvalue weighted by atomic mass is 10.00. The minimum atomic E-state index is -4.97. The van der Waals surface area contributed by atoms with Crippen LogP contribution < -0.4 is 0 Å². The molecule has 3 aromatic rings. The first-order valence-electron chi connectivity index (χ1n) is 9.86. The molecule has 4 nitrogen and oxygen atoms in total. The van der Waals surface area contributed by atoms with Crippen LogP contribution in [0.25, 0.3) is 10.9 Å². The number of hydrogen-bond acceptors (Lipinski definition) is 2. The van der Waals surface area contributed by atoms with Crippen LogP contribution in [0.15, 0.2) is 48.7 Å². The van der Waals surface area contributed by atoms with Crippen LogP contribution in [0, 0.1) is 0 Å². The molecule has 0 saturated heterocycles. The quantitative estimate of drug-likeness (QED) is 0.589. The summed E-state index contributed by atoms with van der Waals surface area (Å²) < 4.78 is 40.8. The molecule has 7 heteroatoms. The molecule has 1 amide bonds. The highest BCUT2D eigenvalue weighted by Crippen LogP contribution is 2.31. The maximum Gasteiger partial charge on any atom is 0.454 e. The van der Waals surface area contributed by atoms with E-state index in [2.05, 4.69) is 0 Å². The zero-order chi connectivity index (χ0) is 21.5. The van der Waals surface area contributed by atoms with E-state index in [1.54, 1.807) is 11.0 Å². The highest BCUT2D eigenvalue weighted by Gasteiger charge is 2.41. The first kappa shape index (κ1) is 20.2. The summed E-state index contributed by atoms with van der Waals surface area (Å²) in [6.45, 7) is 2.81. The fraction of sp³-hybridized carbons (Fsp3) is 0.304. The molecule has 2 aromatic carbocycles. The number of benzene rings is 2. The van der Waals surface area contributed by atoms with E-state index in [-0.39, 0.29) is 17.8 Å². The fourth-order valence-electron chi connectivity index (χ4n) is 4.14. The van der Waals surface area contributed by atoms with Crippen molar-refractivity contribution in [2.75, 3.05) is 6.54 Å². The third-order valence-electron chi connectivity index (χ3n) is 5.65. The Morgan fingerprint density at radius 2 is 1.77 bits per heavy atom. The fourth-order valence-corrected chi connectivity index (χ4v) is 4.14. The van der Waals surface area contributed by atoms with E-state index in [1.165, 1.54) is 22.4 Å². The molecule has 156 valence electrons. The largest absolute Gasteiger partial charge is 0.454 e. The molecule has 0 bridgehead atoms. The second-order valence-electron chi connectivity index (χ2n) is 7.50. The van der Waals surface area contributed by atoms with Crippen molar-refractivity contribution in [3.8, 4) is 0 Å². The zero-order valence-electron chi connectivity index (χ0n) is 16.5. The molecule has 1 aliphatic rings. The number of fused-ring (bicyclic) bond motifs is 2. The Hall–Kier alpha value is -3.09. The Bertz CT molecular complexity index is 1130. The van der Waals surface area contributed by atoms with Gasteiger partial charge in [-0.15, -0.1) is 0 Å². The van der Waals surface area contributed by atoms with Crippen molar-refractivity contribution in [3.63, 3.8) is 0 Å². The van der Waals surface area contributed by atoms with Crippen molar-refractivity contribution in [3.05, 3.63) is 70.9 Å². The molecule has 0 unspecified atom stereocenters. The van der Waals surface area contributed by atoms with Crippen molar-refractivity contribution in [1.82, 2.24) is 9.47 Å². The first-order chi connectivity index (χ1) is 14.3. The number of hydrogen-bond donors (Lipinski definition) is 0. The Labute approximate surface area is 171 Å². The highest BCUT2D eigenvalue weighted by atomic mass is 19.4. The van der Waals surface area contributed by atoms with E-state index in [9.17, 15) is 22.8 Å². The van der Waals surface area contributed by atoms with Gasteiger partial charge in [0.2, 0.25) is 5.91 Å². The van der Waals surface area contributed by atoms with Crippen molar-refractivity contribution in [2.45, 2.75) is 39.0 Å². The molecule has 0 spiro atoms. The monoisotopic (exact) mass is 414 g/mol. The van der Waals surface area contributed by atoms with Gasteiger partial charge in [-0.05, 0) is 29.5 Å². The number of Topliss-reactive ketones (excluding diaryl/α,β-unsaturated/α-hetero) is 1. The lowest BCUT2D eigenvalue weighted by Gasteiger charge is -2.29. The Kier molecular flexibility index (Phi) is 5.13. The molecular formula is C23H21F3N2O2. The number of amides is 1. The molecule has 4 rings (SSSR count). The number of alkyl halides is 3. The van der Waals surface area contributed by atoms with E-state index < -0.39 is 17.5 Å². The summed E-state index contributed by atoms with van der Waals surface area (Å²) >= 11 is 0. The third-order valence-corrected chi connectivity index (χ3v) is 5.65. The Balaban J connectivity index is 1.69. The maximum absolute atomic E-state index is 13.1. The number of aromatic nitrogens is 1. The Morgan fingerprint density at radius 1 is 1.03 bits per heavy atom. The van der Waals surface area contributed by atoms with Gasteiger partial charge in [0.15, 0.2) is 0 Å². The topological polar surface area (TPSA) is 42.3 Å².